The predicted molar refractivity (Wildman–Crippen MR) is 230 cm³/mol. The number of benzene rings is 7. The van der Waals surface area contributed by atoms with E-state index in [2.05, 4.69) is 170 Å². The molecule has 0 radical (unpaired) electrons. The molecule has 56 heavy (non-hydrogen) atoms. The van der Waals surface area contributed by atoms with E-state index in [-0.39, 0.29) is 5.92 Å². The first-order chi connectivity index (χ1) is 27.7. The molecule has 2 aliphatic rings. The topological polar surface area (TPSA) is 47.9 Å². The zero-order valence-corrected chi connectivity index (χ0v) is 31.1. The van der Waals surface area contributed by atoms with E-state index in [9.17, 15) is 0 Å². The lowest BCUT2D eigenvalue weighted by atomic mass is 9.87. The number of hydrogen-bond donors (Lipinski definition) is 0. The molecule has 0 bridgehead atoms. The molecule has 0 fully saturated rings. The van der Waals surface area contributed by atoms with Gasteiger partial charge in [0.1, 0.15) is 11.5 Å². The summed E-state index contributed by atoms with van der Waals surface area (Å²) in [5, 5.41) is 2.43. The monoisotopic (exact) mass is 735 g/mol. The lowest BCUT2D eigenvalue weighted by Gasteiger charge is -2.17. The van der Waals surface area contributed by atoms with Crippen LogP contribution in [0.4, 0.5) is 0 Å². The van der Waals surface area contributed by atoms with Crippen LogP contribution in [0.15, 0.2) is 188 Å². The van der Waals surface area contributed by atoms with Crippen LogP contribution in [0.1, 0.15) is 23.5 Å². The number of nitrogens with zero attached hydrogens (tertiary/aromatic N) is 3. The van der Waals surface area contributed by atoms with Crippen molar-refractivity contribution >= 4 is 37.1 Å². The van der Waals surface area contributed by atoms with Gasteiger partial charge >= 0.3 is 0 Å². The molecule has 0 N–H and O–H groups in total. The fourth-order valence-corrected chi connectivity index (χ4v) is 9.56. The third-order valence-corrected chi connectivity index (χ3v) is 12.2. The number of para-hydroxylation sites is 1. The first kappa shape index (κ1) is 32.5. The second kappa shape index (κ2) is 13.4. The Hall–Kier alpha value is -6.95. The summed E-state index contributed by atoms with van der Waals surface area (Å²) >= 11 is 1.81. The van der Waals surface area contributed by atoms with Crippen LogP contribution < -0.4 is 4.74 Å². The zero-order chi connectivity index (χ0) is 37.0. The van der Waals surface area contributed by atoms with Gasteiger partial charge in [-0.3, -0.25) is 0 Å². The molecular weight excluding hydrogens is 703 g/mol. The van der Waals surface area contributed by atoms with Gasteiger partial charge in [0.2, 0.25) is 0 Å². The quantitative estimate of drug-likeness (QED) is 0.171. The summed E-state index contributed by atoms with van der Waals surface area (Å²) in [5.74, 6) is 4.13. The van der Waals surface area contributed by atoms with Crippen LogP contribution in [0.3, 0.4) is 0 Å². The van der Waals surface area contributed by atoms with Gasteiger partial charge in [0.25, 0.3) is 0 Å². The average molecular weight is 736 g/mol. The van der Waals surface area contributed by atoms with E-state index in [1.165, 1.54) is 32.2 Å². The molecule has 264 valence electrons. The minimum Gasteiger partial charge on any atom is -0.461 e. The molecule has 1 aliphatic heterocycles. The fraction of sp³-hybridized carbons (Fsp3) is 0.0392. The number of fused-ring (bicyclic) bond motifs is 6. The molecular formula is C51H33N3OS. The van der Waals surface area contributed by atoms with Crippen molar-refractivity contribution in [1.29, 1.82) is 0 Å². The Morgan fingerprint density at radius 3 is 1.80 bits per heavy atom. The van der Waals surface area contributed by atoms with Gasteiger partial charge in [0.15, 0.2) is 17.5 Å². The summed E-state index contributed by atoms with van der Waals surface area (Å²) in [7, 11) is 0. The number of ether oxygens (including phenoxy) is 1. The van der Waals surface area contributed by atoms with E-state index < -0.39 is 0 Å². The van der Waals surface area contributed by atoms with Crippen LogP contribution >= 0.6 is 11.3 Å². The molecule has 0 amide bonds. The largest absolute Gasteiger partial charge is 0.461 e. The van der Waals surface area contributed by atoms with E-state index in [0.717, 1.165) is 61.6 Å². The van der Waals surface area contributed by atoms with Crippen molar-refractivity contribution in [1.82, 2.24) is 15.0 Å². The maximum Gasteiger partial charge on any atom is 0.165 e. The first-order valence-corrected chi connectivity index (χ1v) is 19.8. The third-order valence-electron chi connectivity index (χ3n) is 10.9. The molecule has 0 saturated heterocycles. The summed E-state index contributed by atoms with van der Waals surface area (Å²) < 4.78 is 8.74. The fourth-order valence-electron chi connectivity index (χ4n) is 8.22. The number of allylic oxidation sites excluding steroid dienone is 4. The van der Waals surface area contributed by atoms with Gasteiger partial charge < -0.3 is 4.74 Å². The van der Waals surface area contributed by atoms with Crippen molar-refractivity contribution < 1.29 is 4.74 Å². The molecule has 7 aromatic carbocycles. The molecule has 0 spiro atoms. The normalized spacial score (nSPS) is 14.5. The Balaban J connectivity index is 1.08. The van der Waals surface area contributed by atoms with Crippen molar-refractivity contribution in [3.63, 3.8) is 0 Å². The standard InChI is InChI=1S/C51H33N3OS/c1-3-14-32(15-4-1)37-20-7-8-22-43(37)50-52-49(36-19-11-18-34(30-36)35-28-29-40-39-21-9-10-27-45(39)55-46(40)31-35)53-51(54-50)44-26-13-25-42-41-24-12-23-38(47(41)56-48(42)44)33-16-5-2-6-17-33/h1-28,30-31,40H,29H2. The van der Waals surface area contributed by atoms with Crippen LogP contribution in [-0.4, -0.2) is 15.0 Å². The predicted octanol–water partition coefficient (Wildman–Crippen LogP) is 13.4. The zero-order valence-electron chi connectivity index (χ0n) is 30.3. The molecule has 1 atom stereocenters. The maximum absolute atomic E-state index is 6.33. The van der Waals surface area contributed by atoms with Gasteiger partial charge in [0, 0.05) is 48.3 Å². The number of thiophene rings is 1. The highest BCUT2D eigenvalue weighted by atomic mass is 32.1. The van der Waals surface area contributed by atoms with E-state index in [0.29, 0.717) is 17.5 Å². The third kappa shape index (κ3) is 5.55. The highest BCUT2D eigenvalue weighted by Crippen LogP contribution is 2.47. The van der Waals surface area contributed by atoms with Gasteiger partial charge in [-0.15, -0.1) is 11.3 Å². The van der Waals surface area contributed by atoms with E-state index in [1.54, 1.807) is 11.3 Å². The number of hydrogen-bond acceptors (Lipinski definition) is 5. The van der Waals surface area contributed by atoms with Crippen LogP contribution in [-0.2, 0) is 0 Å². The first-order valence-electron chi connectivity index (χ1n) is 19.0. The van der Waals surface area contributed by atoms with Crippen molar-refractivity contribution in [2.45, 2.75) is 12.3 Å². The average Bonchev–Trinajstić information content (AvgIpc) is 3.85. The molecule has 4 nitrogen and oxygen atoms in total. The summed E-state index contributed by atoms with van der Waals surface area (Å²) in [4.78, 5) is 15.8. The van der Waals surface area contributed by atoms with Crippen molar-refractivity contribution in [2.75, 3.05) is 0 Å². The minimum absolute atomic E-state index is 0.261. The molecule has 0 saturated carbocycles. The highest BCUT2D eigenvalue weighted by Gasteiger charge is 2.31. The molecule has 1 aliphatic carbocycles. The Morgan fingerprint density at radius 2 is 1.02 bits per heavy atom. The minimum atomic E-state index is 0.261. The smallest absolute Gasteiger partial charge is 0.165 e. The van der Waals surface area contributed by atoms with Gasteiger partial charge in [-0.25, -0.2) is 15.0 Å². The Bertz CT molecular complexity index is 3040. The number of rotatable bonds is 6. The maximum atomic E-state index is 6.33. The Kier molecular flexibility index (Phi) is 7.78. The van der Waals surface area contributed by atoms with Crippen molar-refractivity contribution in [2.24, 2.45) is 0 Å². The number of aromatic nitrogens is 3. The Morgan fingerprint density at radius 1 is 0.464 bits per heavy atom. The van der Waals surface area contributed by atoms with Crippen LogP contribution in [0.5, 0.6) is 5.75 Å². The van der Waals surface area contributed by atoms with Gasteiger partial charge in [-0.1, -0.05) is 158 Å². The molecule has 9 aromatic rings. The van der Waals surface area contributed by atoms with Crippen LogP contribution in [0.25, 0.3) is 82.2 Å². The molecule has 3 heterocycles. The molecule has 2 aromatic heterocycles. The van der Waals surface area contributed by atoms with Crippen LogP contribution in [0.2, 0.25) is 0 Å². The highest BCUT2D eigenvalue weighted by molar-refractivity contribution is 7.26. The SMILES string of the molecule is C1=C(c2cccc(-c3nc(-c4ccccc4-c4ccccc4)nc(-c4cccc5c4sc4c(-c6ccccc6)cccc45)n3)c2)C=C2Oc3ccccc3C2C1. The van der Waals surface area contributed by atoms with Gasteiger partial charge in [0.05, 0.1) is 0 Å². The molecule has 5 heteroatoms. The van der Waals surface area contributed by atoms with E-state index >= 15 is 0 Å². The van der Waals surface area contributed by atoms with Gasteiger partial charge in [-0.2, -0.15) is 0 Å². The second-order valence-electron chi connectivity index (χ2n) is 14.3. The Labute approximate surface area is 328 Å². The lowest BCUT2D eigenvalue weighted by Crippen LogP contribution is -2.04. The van der Waals surface area contributed by atoms with E-state index in [1.807, 2.05) is 12.1 Å². The van der Waals surface area contributed by atoms with Gasteiger partial charge in [-0.05, 0) is 64.1 Å². The summed E-state index contributed by atoms with van der Waals surface area (Å²) in [6, 6.07) is 59.5. The summed E-state index contributed by atoms with van der Waals surface area (Å²) in [6.45, 7) is 0. The van der Waals surface area contributed by atoms with Crippen molar-refractivity contribution in [3.8, 4) is 62.2 Å². The lowest BCUT2D eigenvalue weighted by molar-refractivity contribution is 0.426. The van der Waals surface area contributed by atoms with Crippen molar-refractivity contribution in [3.05, 3.63) is 199 Å². The van der Waals surface area contributed by atoms with E-state index in [4.69, 9.17) is 19.7 Å². The summed E-state index contributed by atoms with van der Waals surface area (Å²) in [6.07, 6.45) is 5.41. The second-order valence-corrected chi connectivity index (χ2v) is 15.3. The molecule has 11 rings (SSSR count). The molecule has 1 unspecified atom stereocenters. The summed E-state index contributed by atoms with van der Waals surface area (Å²) in [5.41, 5.74) is 11.0. The van der Waals surface area contributed by atoms with Crippen LogP contribution in [0, 0.1) is 0 Å².